The summed E-state index contributed by atoms with van der Waals surface area (Å²) in [6, 6.07) is 3.90. The first-order valence-corrected chi connectivity index (χ1v) is 13.8. The molecule has 0 radical (unpaired) electrons. The Morgan fingerprint density at radius 3 is 2.25 bits per heavy atom. The van der Waals surface area contributed by atoms with Crippen LogP contribution in [0.5, 0.6) is 5.75 Å². The smallest absolute Gasteiger partial charge is 0.425 e. The molecule has 1 amide bonds. The number of ether oxygens (including phenoxy) is 2. The van der Waals surface area contributed by atoms with Crippen molar-refractivity contribution in [2.75, 3.05) is 44.8 Å². The highest BCUT2D eigenvalue weighted by molar-refractivity contribution is 7.91. The summed E-state index contributed by atoms with van der Waals surface area (Å²) in [6.45, 7) is 6.61. The van der Waals surface area contributed by atoms with E-state index in [0.29, 0.717) is 38.2 Å². The largest absolute Gasteiger partial charge is 0.492 e. The number of hydrogen-bond acceptors (Lipinski definition) is 7. The first kappa shape index (κ1) is 28.2. The number of benzene rings is 1. The molecular formula is C24H33F3N2O6S. The van der Waals surface area contributed by atoms with Gasteiger partial charge in [-0.2, -0.15) is 13.2 Å². The quantitative estimate of drug-likeness (QED) is 0.480. The number of amides is 1. The van der Waals surface area contributed by atoms with Gasteiger partial charge in [-0.15, -0.1) is 0 Å². The van der Waals surface area contributed by atoms with Crippen LogP contribution >= 0.6 is 0 Å². The van der Waals surface area contributed by atoms with E-state index in [1.54, 1.807) is 0 Å². The molecule has 0 spiro atoms. The van der Waals surface area contributed by atoms with Crippen LogP contribution in [0.3, 0.4) is 0 Å². The second-order valence-electron chi connectivity index (χ2n) is 9.89. The topological polar surface area (TPSA) is 93.2 Å². The Morgan fingerprint density at radius 2 is 1.72 bits per heavy atom. The number of ketones is 1. The molecule has 2 aliphatic rings. The molecular weight excluding hydrogens is 501 g/mol. The van der Waals surface area contributed by atoms with Gasteiger partial charge < -0.3 is 14.4 Å². The summed E-state index contributed by atoms with van der Waals surface area (Å²) >= 11 is 0. The van der Waals surface area contributed by atoms with Crippen LogP contribution in [0.25, 0.3) is 0 Å². The highest BCUT2D eigenvalue weighted by Crippen LogP contribution is 2.47. The van der Waals surface area contributed by atoms with Gasteiger partial charge in [0.05, 0.1) is 5.41 Å². The standard InChI is InChI=1S/C24H33F3N2O6S/c1-16-5-6-19(13-28-9-11-29(12-10-28)22(31)35-18(3)24(25,26)27)21(17(16)2)34-15-23(7-8-23)20(30)14-36(4,32)33/h5-6,18H,7-15H2,1-4H3. The van der Waals surface area contributed by atoms with Crippen molar-refractivity contribution in [3.05, 3.63) is 28.8 Å². The van der Waals surface area contributed by atoms with Gasteiger partial charge in [0.1, 0.15) is 18.1 Å². The lowest BCUT2D eigenvalue weighted by molar-refractivity contribution is -0.200. The minimum absolute atomic E-state index is 0.107. The normalized spacial score (nSPS) is 19.0. The lowest BCUT2D eigenvalue weighted by atomic mass is 10.0. The summed E-state index contributed by atoms with van der Waals surface area (Å²) < 4.78 is 71.9. The van der Waals surface area contributed by atoms with Crippen molar-refractivity contribution < 1.29 is 40.7 Å². The van der Waals surface area contributed by atoms with Gasteiger partial charge in [0.15, 0.2) is 21.7 Å². The summed E-state index contributed by atoms with van der Waals surface area (Å²) in [6.07, 6.45) is -5.54. The van der Waals surface area contributed by atoms with E-state index >= 15 is 0 Å². The Kier molecular flexibility index (Phi) is 8.29. The molecule has 36 heavy (non-hydrogen) atoms. The van der Waals surface area contributed by atoms with E-state index in [4.69, 9.17) is 4.74 Å². The number of alkyl halides is 3. The van der Waals surface area contributed by atoms with E-state index < -0.39 is 39.4 Å². The number of halogens is 3. The van der Waals surface area contributed by atoms with Crippen LogP contribution in [0.15, 0.2) is 12.1 Å². The predicted octanol–water partition coefficient (Wildman–Crippen LogP) is 3.28. The number of Topliss-reactive ketones (excluding diaryl/α,β-unsaturated/α-hetero) is 1. The minimum atomic E-state index is -4.61. The number of carbonyl (C=O) groups excluding carboxylic acids is 2. The number of piperazine rings is 1. The zero-order valence-electron chi connectivity index (χ0n) is 21.0. The third kappa shape index (κ3) is 7.12. The molecule has 0 N–H and O–H groups in total. The Balaban J connectivity index is 1.62. The molecule has 3 rings (SSSR count). The SMILES string of the molecule is Cc1ccc(CN2CCN(C(=O)OC(C)C(F)(F)F)CC2)c(OCC2(C(=O)CS(C)(=O)=O)CC2)c1C. The first-order valence-electron chi connectivity index (χ1n) is 11.8. The lowest BCUT2D eigenvalue weighted by Crippen LogP contribution is -2.49. The maximum atomic E-state index is 12.7. The fourth-order valence-electron chi connectivity index (χ4n) is 4.05. The summed E-state index contributed by atoms with van der Waals surface area (Å²) in [5, 5.41) is 0. The third-order valence-electron chi connectivity index (χ3n) is 6.85. The molecule has 1 aliphatic carbocycles. The van der Waals surface area contributed by atoms with Crippen LogP contribution in [-0.2, 0) is 25.9 Å². The highest BCUT2D eigenvalue weighted by Gasteiger charge is 2.51. The van der Waals surface area contributed by atoms with Gasteiger partial charge in [-0.25, -0.2) is 13.2 Å². The predicted molar refractivity (Wildman–Crippen MR) is 127 cm³/mol. The molecule has 1 aromatic carbocycles. The van der Waals surface area contributed by atoms with Crippen LogP contribution in [0.4, 0.5) is 18.0 Å². The number of aryl methyl sites for hydroxylation is 1. The molecule has 1 unspecified atom stereocenters. The van der Waals surface area contributed by atoms with Gasteiger partial charge in [0, 0.05) is 44.5 Å². The molecule has 2 fully saturated rings. The number of sulfone groups is 1. The van der Waals surface area contributed by atoms with Crippen molar-refractivity contribution in [1.82, 2.24) is 9.80 Å². The maximum Gasteiger partial charge on any atom is 0.425 e. The Bertz CT molecular complexity index is 1090. The molecule has 1 saturated carbocycles. The number of rotatable bonds is 9. The number of hydrogen-bond donors (Lipinski definition) is 0. The summed E-state index contributed by atoms with van der Waals surface area (Å²) in [4.78, 5) is 28.0. The maximum absolute atomic E-state index is 12.7. The van der Waals surface area contributed by atoms with Crippen molar-refractivity contribution in [3.8, 4) is 5.75 Å². The van der Waals surface area contributed by atoms with E-state index in [0.717, 1.165) is 29.9 Å². The second-order valence-corrected chi connectivity index (χ2v) is 12.0. The summed E-state index contributed by atoms with van der Waals surface area (Å²) in [7, 11) is -3.42. The van der Waals surface area contributed by atoms with E-state index in [9.17, 15) is 31.2 Å². The van der Waals surface area contributed by atoms with Gasteiger partial charge in [-0.3, -0.25) is 9.69 Å². The fraction of sp³-hybridized carbons (Fsp3) is 0.667. The van der Waals surface area contributed by atoms with Crippen molar-refractivity contribution in [1.29, 1.82) is 0 Å². The van der Waals surface area contributed by atoms with Gasteiger partial charge in [-0.05, 0) is 44.7 Å². The van der Waals surface area contributed by atoms with Gasteiger partial charge in [0.2, 0.25) is 0 Å². The van der Waals surface area contributed by atoms with E-state index in [2.05, 4.69) is 9.64 Å². The molecule has 12 heteroatoms. The van der Waals surface area contributed by atoms with Gasteiger partial charge in [-0.1, -0.05) is 12.1 Å². The average molecular weight is 535 g/mol. The van der Waals surface area contributed by atoms with Crippen molar-refractivity contribution in [2.24, 2.45) is 5.41 Å². The van der Waals surface area contributed by atoms with Crippen molar-refractivity contribution >= 4 is 21.7 Å². The zero-order chi connectivity index (χ0) is 26.9. The third-order valence-corrected chi connectivity index (χ3v) is 7.64. The van der Waals surface area contributed by atoms with Gasteiger partial charge >= 0.3 is 12.3 Å². The van der Waals surface area contributed by atoms with Gasteiger partial charge in [0.25, 0.3) is 0 Å². The molecule has 8 nitrogen and oxygen atoms in total. The monoisotopic (exact) mass is 534 g/mol. The Labute approximate surface area is 209 Å². The molecule has 1 aromatic rings. The lowest BCUT2D eigenvalue weighted by Gasteiger charge is -2.35. The molecule has 1 atom stereocenters. The van der Waals surface area contributed by atoms with Crippen LogP contribution in [-0.4, -0.2) is 87.2 Å². The first-order chi connectivity index (χ1) is 16.6. The van der Waals surface area contributed by atoms with E-state index in [1.165, 1.54) is 4.90 Å². The zero-order valence-corrected chi connectivity index (χ0v) is 21.8. The number of carbonyl (C=O) groups is 2. The fourth-order valence-corrected chi connectivity index (χ4v) is 4.83. The highest BCUT2D eigenvalue weighted by atomic mass is 32.2. The molecule has 202 valence electrons. The minimum Gasteiger partial charge on any atom is -0.492 e. The molecule has 1 aliphatic heterocycles. The summed E-state index contributed by atoms with van der Waals surface area (Å²) in [5.41, 5.74) is 2.04. The molecule has 1 heterocycles. The number of nitrogens with zero attached hydrogens (tertiary/aromatic N) is 2. The van der Waals surface area contributed by atoms with E-state index in [-0.39, 0.29) is 25.5 Å². The average Bonchev–Trinajstić information content (AvgIpc) is 3.56. The van der Waals surface area contributed by atoms with Crippen molar-refractivity contribution in [2.45, 2.75) is 52.4 Å². The van der Waals surface area contributed by atoms with Crippen LogP contribution < -0.4 is 4.74 Å². The molecule has 1 saturated heterocycles. The van der Waals surface area contributed by atoms with Crippen LogP contribution in [0.1, 0.15) is 36.5 Å². The molecule has 0 aromatic heterocycles. The van der Waals surface area contributed by atoms with E-state index in [1.807, 2.05) is 26.0 Å². The second kappa shape index (κ2) is 10.6. The Morgan fingerprint density at radius 1 is 1.11 bits per heavy atom. The Hall–Kier alpha value is -2.34. The van der Waals surface area contributed by atoms with Crippen LogP contribution in [0.2, 0.25) is 0 Å². The molecule has 0 bridgehead atoms. The summed E-state index contributed by atoms with van der Waals surface area (Å²) in [5.74, 6) is -0.168. The van der Waals surface area contributed by atoms with Crippen LogP contribution in [0, 0.1) is 19.3 Å². The van der Waals surface area contributed by atoms with Crippen molar-refractivity contribution in [3.63, 3.8) is 0 Å².